The molecule has 0 radical (unpaired) electrons. The van der Waals surface area contributed by atoms with Gasteiger partial charge in [0, 0.05) is 29.0 Å². The van der Waals surface area contributed by atoms with Gasteiger partial charge in [-0.1, -0.05) is 0 Å². The van der Waals surface area contributed by atoms with Crippen molar-refractivity contribution in [3.63, 3.8) is 0 Å². The largest absolute Gasteiger partial charge is 0.496 e. The molecule has 0 saturated carbocycles. The molecular weight excluding hydrogens is 324 g/mol. The number of allylic oxidation sites excluding steroid dienone is 1. The molecule has 2 heterocycles. The second-order valence-electron chi connectivity index (χ2n) is 5.44. The number of ether oxygens (including phenoxy) is 4. The number of benzene rings is 1. The van der Waals surface area contributed by atoms with Gasteiger partial charge in [0.1, 0.15) is 28.9 Å². The standard InChI is InChI=1S/C17H18N4O4/c1-8-13-14(10(7-18)16(19)25-17(13)21-20-8)15-11(23-3)5-9(22-2)6-12(15)24-4/h5-6,14H,19H2,1-4H3,(H,20,21)/t14-/m1/s1. The summed E-state index contributed by atoms with van der Waals surface area (Å²) < 4.78 is 21.9. The van der Waals surface area contributed by atoms with Crippen LogP contribution in [0, 0.1) is 18.3 Å². The average molecular weight is 342 g/mol. The zero-order valence-corrected chi connectivity index (χ0v) is 14.3. The molecule has 0 unspecified atom stereocenters. The van der Waals surface area contributed by atoms with Crippen molar-refractivity contribution in [3.8, 4) is 29.2 Å². The van der Waals surface area contributed by atoms with Gasteiger partial charge in [-0.2, -0.15) is 5.26 Å². The lowest BCUT2D eigenvalue weighted by atomic mass is 9.83. The first kappa shape index (κ1) is 16.5. The van der Waals surface area contributed by atoms with Crippen molar-refractivity contribution >= 4 is 0 Å². The SMILES string of the molecule is COc1cc(OC)c([C@@H]2C(C#N)=C(N)Oc3n[nH]c(C)c32)c(OC)c1. The fourth-order valence-corrected chi connectivity index (χ4v) is 3.00. The van der Waals surface area contributed by atoms with E-state index in [1.807, 2.05) is 6.92 Å². The van der Waals surface area contributed by atoms with Crippen LogP contribution in [0.1, 0.15) is 22.7 Å². The summed E-state index contributed by atoms with van der Waals surface area (Å²) in [5.41, 5.74) is 8.35. The fraction of sp³-hybridized carbons (Fsp3) is 0.294. The van der Waals surface area contributed by atoms with E-state index in [4.69, 9.17) is 24.7 Å². The first-order valence-corrected chi connectivity index (χ1v) is 7.48. The Balaban J connectivity index is 2.34. The molecule has 3 N–H and O–H groups in total. The molecule has 1 aliphatic rings. The maximum atomic E-state index is 9.67. The number of aromatic nitrogens is 2. The maximum Gasteiger partial charge on any atom is 0.244 e. The highest BCUT2D eigenvalue weighted by molar-refractivity contribution is 5.63. The molecule has 0 fully saturated rings. The molecule has 0 spiro atoms. The number of nitriles is 1. The van der Waals surface area contributed by atoms with Gasteiger partial charge in [-0.3, -0.25) is 5.10 Å². The Bertz CT molecular complexity index is 870. The third-order valence-electron chi connectivity index (χ3n) is 4.17. The summed E-state index contributed by atoms with van der Waals surface area (Å²) in [5.74, 6) is 1.39. The number of hydrogen-bond donors (Lipinski definition) is 2. The first-order chi connectivity index (χ1) is 12.0. The summed E-state index contributed by atoms with van der Waals surface area (Å²) in [6.07, 6.45) is 0. The first-order valence-electron chi connectivity index (χ1n) is 7.48. The molecule has 25 heavy (non-hydrogen) atoms. The molecule has 1 aromatic heterocycles. The highest BCUT2D eigenvalue weighted by Gasteiger charge is 2.38. The Morgan fingerprint density at radius 2 is 1.80 bits per heavy atom. The van der Waals surface area contributed by atoms with Crippen molar-refractivity contribution < 1.29 is 18.9 Å². The van der Waals surface area contributed by atoms with Gasteiger partial charge < -0.3 is 24.7 Å². The molecule has 130 valence electrons. The minimum absolute atomic E-state index is 0.00595. The predicted octanol–water partition coefficient (Wildman–Crippen LogP) is 1.96. The Hall–Kier alpha value is -3.34. The molecule has 8 nitrogen and oxygen atoms in total. The summed E-state index contributed by atoms with van der Waals surface area (Å²) in [6.45, 7) is 1.85. The van der Waals surface area contributed by atoms with Crippen LogP contribution in [0.4, 0.5) is 0 Å². The van der Waals surface area contributed by atoms with E-state index in [0.29, 0.717) is 34.3 Å². The number of rotatable bonds is 4. The minimum Gasteiger partial charge on any atom is -0.496 e. The fourth-order valence-electron chi connectivity index (χ4n) is 3.00. The van der Waals surface area contributed by atoms with Gasteiger partial charge in [0.2, 0.25) is 11.8 Å². The lowest BCUT2D eigenvalue weighted by Crippen LogP contribution is -2.21. The van der Waals surface area contributed by atoms with Gasteiger partial charge in [0.05, 0.1) is 27.2 Å². The number of nitrogens with zero attached hydrogens (tertiary/aromatic N) is 2. The van der Waals surface area contributed by atoms with Crippen molar-refractivity contribution in [3.05, 3.63) is 40.4 Å². The monoisotopic (exact) mass is 342 g/mol. The van der Waals surface area contributed by atoms with Gasteiger partial charge in [-0.05, 0) is 6.92 Å². The van der Waals surface area contributed by atoms with Gasteiger partial charge in [-0.25, -0.2) is 0 Å². The van der Waals surface area contributed by atoms with Gasteiger partial charge >= 0.3 is 0 Å². The second-order valence-corrected chi connectivity index (χ2v) is 5.44. The van der Waals surface area contributed by atoms with E-state index < -0.39 is 5.92 Å². The van der Waals surface area contributed by atoms with E-state index in [1.165, 1.54) is 0 Å². The van der Waals surface area contributed by atoms with Gasteiger partial charge in [0.15, 0.2) is 0 Å². The zero-order valence-electron chi connectivity index (χ0n) is 14.3. The van der Waals surface area contributed by atoms with Crippen LogP contribution in [0.25, 0.3) is 0 Å². The van der Waals surface area contributed by atoms with Crippen LogP contribution in [0.2, 0.25) is 0 Å². The molecule has 0 saturated heterocycles. The number of hydrogen-bond acceptors (Lipinski definition) is 7. The number of fused-ring (bicyclic) bond motifs is 1. The Labute approximate surface area is 144 Å². The van der Waals surface area contributed by atoms with Crippen LogP contribution in [0.5, 0.6) is 23.1 Å². The van der Waals surface area contributed by atoms with Crippen molar-refractivity contribution in [2.45, 2.75) is 12.8 Å². The van der Waals surface area contributed by atoms with Crippen LogP contribution < -0.4 is 24.7 Å². The predicted molar refractivity (Wildman–Crippen MR) is 88.7 cm³/mol. The number of H-pyrrole nitrogens is 1. The Kier molecular flexibility index (Phi) is 4.15. The molecule has 1 aliphatic heterocycles. The topological polar surface area (TPSA) is 115 Å². The molecule has 1 aromatic carbocycles. The third kappa shape index (κ3) is 2.50. The molecule has 2 aromatic rings. The maximum absolute atomic E-state index is 9.67. The Morgan fingerprint density at radius 3 is 2.32 bits per heavy atom. The smallest absolute Gasteiger partial charge is 0.244 e. The van der Waals surface area contributed by atoms with Crippen LogP contribution in [0.3, 0.4) is 0 Å². The van der Waals surface area contributed by atoms with E-state index in [-0.39, 0.29) is 11.5 Å². The van der Waals surface area contributed by atoms with Crippen molar-refractivity contribution in [1.29, 1.82) is 5.26 Å². The van der Waals surface area contributed by atoms with Gasteiger partial charge in [-0.15, -0.1) is 5.10 Å². The van der Waals surface area contributed by atoms with Gasteiger partial charge in [0.25, 0.3) is 0 Å². The van der Waals surface area contributed by atoms with E-state index in [0.717, 1.165) is 5.69 Å². The van der Waals surface area contributed by atoms with Crippen LogP contribution in [-0.4, -0.2) is 31.5 Å². The number of aryl methyl sites for hydroxylation is 1. The van der Waals surface area contributed by atoms with E-state index in [2.05, 4.69) is 16.3 Å². The van der Waals surface area contributed by atoms with Crippen molar-refractivity contribution in [2.75, 3.05) is 21.3 Å². The summed E-state index contributed by atoms with van der Waals surface area (Å²) in [7, 11) is 4.64. The third-order valence-corrected chi connectivity index (χ3v) is 4.17. The van der Waals surface area contributed by atoms with Crippen LogP contribution >= 0.6 is 0 Å². The number of nitrogens with two attached hydrogens (primary N) is 1. The van der Waals surface area contributed by atoms with Crippen molar-refractivity contribution in [1.82, 2.24) is 10.2 Å². The molecule has 0 amide bonds. The second kappa shape index (κ2) is 6.28. The summed E-state index contributed by atoms with van der Waals surface area (Å²) >= 11 is 0. The lowest BCUT2D eigenvalue weighted by Gasteiger charge is -2.26. The summed E-state index contributed by atoms with van der Waals surface area (Å²) in [4.78, 5) is 0. The quantitative estimate of drug-likeness (QED) is 0.872. The van der Waals surface area contributed by atoms with E-state index >= 15 is 0 Å². The summed E-state index contributed by atoms with van der Waals surface area (Å²) in [6, 6.07) is 5.60. The highest BCUT2D eigenvalue weighted by atomic mass is 16.5. The zero-order chi connectivity index (χ0) is 18.1. The minimum atomic E-state index is -0.539. The molecule has 8 heteroatoms. The molecule has 3 rings (SSSR count). The normalized spacial score (nSPS) is 15.9. The molecule has 0 aliphatic carbocycles. The van der Waals surface area contributed by atoms with Crippen LogP contribution in [0.15, 0.2) is 23.6 Å². The van der Waals surface area contributed by atoms with Crippen LogP contribution in [-0.2, 0) is 0 Å². The summed E-state index contributed by atoms with van der Waals surface area (Å²) in [5, 5.41) is 16.7. The molecular formula is C17H18N4O4. The Morgan fingerprint density at radius 1 is 1.16 bits per heavy atom. The number of nitrogens with one attached hydrogen (secondary N) is 1. The van der Waals surface area contributed by atoms with E-state index in [9.17, 15) is 5.26 Å². The van der Waals surface area contributed by atoms with E-state index in [1.54, 1.807) is 33.5 Å². The lowest BCUT2D eigenvalue weighted by molar-refractivity contribution is 0.358. The molecule has 1 atom stereocenters. The average Bonchev–Trinajstić information content (AvgIpc) is 2.99. The number of methoxy groups -OCH3 is 3. The highest BCUT2D eigenvalue weighted by Crippen LogP contribution is 2.49. The molecule has 0 bridgehead atoms. The van der Waals surface area contributed by atoms with Crippen molar-refractivity contribution in [2.24, 2.45) is 5.73 Å². The number of aromatic amines is 1.